The largest absolute Gasteiger partial charge is 0.495 e. The number of anilines is 2. The summed E-state index contributed by atoms with van der Waals surface area (Å²) in [5.74, 6) is -0.164. The molecule has 0 bridgehead atoms. The topological polar surface area (TPSA) is 24.9 Å². The second-order valence-electron chi connectivity index (χ2n) is 8.86. The normalized spacial score (nSPS) is 20.5. The maximum Gasteiger partial charge on any atom is 0.495 e. The molecule has 0 atom stereocenters. The Hall–Kier alpha value is -2.05. The van der Waals surface area contributed by atoms with E-state index in [9.17, 15) is 4.39 Å². The third-order valence-electron chi connectivity index (χ3n) is 6.39. The van der Waals surface area contributed by atoms with Crippen LogP contribution in [0.1, 0.15) is 38.8 Å². The molecule has 28 heavy (non-hydrogen) atoms. The van der Waals surface area contributed by atoms with Crippen LogP contribution >= 0.6 is 0 Å². The predicted octanol–water partition coefficient (Wildman–Crippen LogP) is 3.85. The Morgan fingerprint density at radius 3 is 2.32 bits per heavy atom. The lowest BCUT2D eigenvalue weighted by Crippen LogP contribution is -2.42. The number of hydrogen-bond acceptors (Lipinski definition) is 4. The lowest BCUT2D eigenvalue weighted by Gasteiger charge is -2.38. The quantitative estimate of drug-likeness (QED) is 0.737. The van der Waals surface area contributed by atoms with Crippen LogP contribution < -0.4 is 15.3 Å². The van der Waals surface area contributed by atoms with Gasteiger partial charge in [0, 0.05) is 19.3 Å². The van der Waals surface area contributed by atoms with Crippen molar-refractivity contribution < 1.29 is 13.7 Å². The molecule has 0 N–H and O–H groups in total. The number of para-hydroxylation sites is 1. The molecule has 2 heterocycles. The molecule has 4 rings (SSSR count). The van der Waals surface area contributed by atoms with Gasteiger partial charge in [0.1, 0.15) is 5.82 Å². The summed E-state index contributed by atoms with van der Waals surface area (Å²) in [7, 11) is 1.54. The second-order valence-corrected chi connectivity index (χ2v) is 8.86. The summed E-state index contributed by atoms with van der Waals surface area (Å²) in [6, 6.07) is 11.5. The molecule has 4 nitrogen and oxygen atoms in total. The van der Waals surface area contributed by atoms with Gasteiger partial charge in [0.2, 0.25) is 0 Å². The molecule has 2 aromatic rings. The van der Waals surface area contributed by atoms with E-state index >= 15 is 0 Å². The molecule has 0 aromatic heterocycles. The average Bonchev–Trinajstić information content (AvgIpc) is 2.82. The van der Waals surface area contributed by atoms with Gasteiger partial charge in [0.25, 0.3) is 0 Å². The molecule has 1 fully saturated rings. The summed E-state index contributed by atoms with van der Waals surface area (Å²) in [5, 5.41) is 0. The van der Waals surface area contributed by atoms with Gasteiger partial charge in [-0.2, -0.15) is 0 Å². The predicted molar refractivity (Wildman–Crippen MR) is 113 cm³/mol. The molecular formula is C22H28BFN2O2. The van der Waals surface area contributed by atoms with E-state index in [-0.39, 0.29) is 17.0 Å². The highest BCUT2D eigenvalue weighted by atomic mass is 19.1. The molecule has 0 unspecified atom stereocenters. The van der Waals surface area contributed by atoms with Crippen LogP contribution in [-0.4, -0.2) is 32.0 Å². The van der Waals surface area contributed by atoms with Crippen molar-refractivity contribution in [3.63, 3.8) is 0 Å². The summed E-state index contributed by atoms with van der Waals surface area (Å²) in [6.45, 7) is 11.7. The number of fused-ring (bicyclic) bond motifs is 1. The first-order valence-corrected chi connectivity index (χ1v) is 9.79. The van der Waals surface area contributed by atoms with Gasteiger partial charge in [-0.25, -0.2) is 4.39 Å². The highest BCUT2D eigenvalue weighted by Crippen LogP contribution is 2.38. The zero-order chi connectivity index (χ0) is 20.3. The first-order valence-electron chi connectivity index (χ1n) is 9.79. The molecule has 0 spiro atoms. The maximum atomic E-state index is 14.3. The lowest BCUT2D eigenvalue weighted by molar-refractivity contribution is 0.00578. The van der Waals surface area contributed by atoms with Crippen molar-refractivity contribution in [2.75, 3.05) is 23.5 Å². The van der Waals surface area contributed by atoms with Crippen LogP contribution in [0.5, 0.6) is 0 Å². The Labute approximate surface area is 167 Å². The summed E-state index contributed by atoms with van der Waals surface area (Å²) >= 11 is 0. The van der Waals surface area contributed by atoms with E-state index in [1.165, 1.54) is 6.07 Å². The van der Waals surface area contributed by atoms with Crippen LogP contribution in [0.3, 0.4) is 0 Å². The van der Waals surface area contributed by atoms with Crippen molar-refractivity contribution in [1.29, 1.82) is 0 Å². The van der Waals surface area contributed by atoms with E-state index in [4.69, 9.17) is 9.31 Å². The minimum atomic E-state index is -0.391. The molecule has 0 radical (unpaired) electrons. The Kier molecular flexibility index (Phi) is 4.47. The van der Waals surface area contributed by atoms with Gasteiger partial charge < -0.3 is 19.1 Å². The summed E-state index contributed by atoms with van der Waals surface area (Å²) < 4.78 is 26.8. The third-order valence-corrected chi connectivity index (χ3v) is 6.39. The molecule has 0 aliphatic carbocycles. The van der Waals surface area contributed by atoms with E-state index in [1.54, 1.807) is 6.07 Å². The highest BCUT2D eigenvalue weighted by molar-refractivity contribution is 6.62. The van der Waals surface area contributed by atoms with Crippen LogP contribution in [0.25, 0.3) is 0 Å². The number of nitrogens with zero attached hydrogens (tertiary/aromatic N) is 2. The van der Waals surface area contributed by atoms with Crippen molar-refractivity contribution in [3.05, 3.63) is 53.3 Å². The first kappa shape index (κ1) is 19.3. The van der Waals surface area contributed by atoms with Crippen molar-refractivity contribution in [2.45, 2.75) is 52.4 Å². The van der Waals surface area contributed by atoms with Gasteiger partial charge in [0.15, 0.2) is 0 Å². The van der Waals surface area contributed by atoms with Crippen LogP contribution in [0, 0.1) is 12.7 Å². The second kappa shape index (κ2) is 6.50. The first-order chi connectivity index (χ1) is 13.1. The van der Waals surface area contributed by atoms with E-state index < -0.39 is 7.12 Å². The van der Waals surface area contributed by atoms with Crippen LogP contribution in [0.15, 0.2) is 36.4 Å². The summed E-state index contributed by atoms with van der Waals surface area (Å²) in [5.41, 5.74) is 4.24. The number of rotatable bonds is 2. The third kappa shape index (κ3) is 2.99. The number of halogens is 1. The Morgan fingerprint density at radius 2 is 1.64 bits per heavy atom. The zero-order valence-corrected chi connectivity index (χ0v) is 17.5. The monoisotopic (exact) mass is 382 g/mol. The maximum absolute atomic E-state index is 14.3. The van der Waals surface area contributed by atoms with Gasteiger partial charge in [-0.1, -0.05) is 24.3 Å². The molecular weight excluding hydrogens is 354 g/mol. The van der Waals surface area contributed by atoms with Gasteiger partial charge in [-0.15, -0.1) is 0 Å². The number of hydrogen-bond donors (Lipinski definition) is 0. The molecule has 1 saturated heterocycles. The fraction of sp³-hybridized carbons (Fsp3) is 0.455. The van der Waals surface area contributed by atoms with E-state index in [1.807, 2.05) is 24.1 Å². The Morgan fingerprint density at radius 1 is 1.00 bits per heavy atom. The summed E-state index contributed by atoms with van der Waals surface area (Å²) in [4.78, 5) is 4.24. The minimum Gasteiger partial charge on any atom is -0.399 e. The molecule has 6 heteroatoms. The van der Waals surface area contributed by atoms with E-state index in [2.05, 4.69) is 51.7 Å². The van der Waals surface area contributed by atoms with Crippen LogP contribution in [-0.2, 0) is 15.9 Å². The van der Waals surface area contributed by atoms with Gasteiger partial charge in [-0.05, 0) is 63.3 Å². The molecule has 0 amide bonds. The zero-order valence-electron chi connectivity index (χ0n) is 17.5. The fourth-order valence-electron chi connectivity index (χ4n) is 4.07. The lowest BCUT2D eigenvalue weighted by atomic mass is 9.75. The van der Waals surface area contributed by atoms with Crippen LogP contribution in [0.2, 0.25) is 0 Å². The Bertz CT molecular complexity index is 899. The van der Waals surface area contributed by atoms with Crippen LogP contribution in [0.4, 0.5) is 15.8 Å². The van der Waals surface area contributed by atoms with Crippen molar-refractivity contribution in [1.82, 2.24) is 0 Å². The number of benzene rings is 2. The fourth-order valence-corrected chi connectivity index (χ4v) is 4.07. The summed E-state index contributed by atoms with van der Waals surface area (Å²) in [6.07, 6.45) is 0. The van der Waals surface area contributed by atoms with E-state index in [0.717, 1.165) is 22.3 Å². The molecule has 148 valence electrons. The van der Waals surface area contributed by atoms with E-state index in [0.29, 0.717) is 18.9 Å². The van der Waals surface area contributed by atoms with Gasteiger partial charge in [-0.3, -0.25) is 0 Å². The smallest absolute Gasteiger partial charge is 0.399 e. The Balaban J connectivity index is 1.67. The molecule has 2 aliphatic heterocycles. The van der Waals surface area contributed by atoms with Crippen molar-refractivity contribution >= 4 is 24.0 Å². The van der Waals surface area contributed by atoms with Gasteiger partial charge in [0.05, 0.1) is 23.6 Å². The molecule has 0 saturated carbocycles. The average molecular weight is 382 g/mol. The minimum absolute atomic E-state index is 0.164. The standard InChI is InChI=1S/C22H28BFN2O2/c1-15-17(23-27-21(2,3)22(4,5)28-23)10-8-12-19(15)26-13-16-9-7-11-18(24)20(16)25(6)14-26/h7-12H,13-14H2,1-6H3. The SMILES string of the molecule is Cc1c(B2OC(C)(C)C(C)(C)O2)cccc1N1Cc2cccc(F)c2N(C)C1. The van der Waals surface area contributed by atoms with Crippen molar-refractivity contribution in [2.24, 2.45) is 0 Å². The molecule has 2 aliphatic rings. The van der Waals surface area contributed by atoms with Crippen molar-refractivity contribution in [3.8, 4) is 0 Å². The van der Waals surface area contributed by atoms with Gasteiger partial charge >= 0.3 is 7.12 Å². The highest BCUT2D eigenvalue weighted by Gasteiger charge is 2.52. The molecule has 2 aromatic carbocycles.